The molecule has 0 aliphatic rings. The number of nitrogens with zero attached hydrogens (tertiary/aromatic N) is 2. The first-order chi connectivity index (χ1) is 9.02. The van der Waals surface area contributed by atoms with E-state index in [9.17, 15) is 14.3 Å². The second-order valence-electron chi connectivity index (χ2n) is 4.02. The summed E-state index contributed by atoms with van der Waals surface area (Å²) in [5, 5.41) is 16.4. The number of rotatable bonds is 4. The van der Waals surface area contributed by atoms with Crippen molar-refractivity contribution in [3.8, 4) is 0 Å². The summed E-state index contributed by atoms with van der Waals surface area (Å²) >= 11 is 1.22. The predicted octanol–water partition coefficient (Wildman–Crippen LogP) is 1.93. The number of aliphatic hydroxyl groups is 1. The molecule has 2 rings (SSSR count). The molecule has 0 fully saturated rings. The number of hydrogen-bond acceptors (Lipinski definition) is 4. The first-order valence-electron chi connectivity index (χ1n) is 5.83. The Bertz CT molecular complexity index is 636. The van der Waals surface area contributed by atoms with Crippen molar-refractivity contribution in [1.29, 1.82) is 0 Å². The Morgan fingerprint density at radius 1 is 1.58 bits per heavy atom. The average Bonchev–Trinajstić information content (AvgIpc) is 2.71. The average molecular weight is 283 g/mol. The highest BCUT2D eigenvalue weighted by atomic mass is 32.2. The fraction of sp³-hybridized carbons (Fsp3) is 0.333. The highest BCUT2D eigenvalue weighted by Crippen LogP contribution is 2.32. The van der Waals surface area contributed by atoms with E-state index < -0.39 is 11.9 Å². The van der Waals surface area contributed by atoms with E-state index in [-0.39, 0.29) is 5.69 Å². The van der Waals surface area contributed by atoms with Gasteiger partial charge in [0.15, 0.2) is 5.16 Å². The van der Waals surface area contributed by atoms with E-state index in [2.05, 4.69) is 10.2 Å². The van der Waals surface area contributed by atoms with Crippen LogP contribution in [0.4, 0.5) is 4.39 Å². The van der Waals surface area contributed by atoms with Gasteiger partial charge in [0.05, 0.1) is 6.10 Å². The lowest BCUT2D eigenvalue weighted by atomic mass is 10.1. The third-order valence-electron chi connectivity index (χ3n) is 2.66. The van der Waals surface area contributed by atoms with Crippen LogP contribution < -0.4 is 5.69 Å². The number of aromatic nitrogens is 3. The van der Waals surface area contributed by atoms with Crippen LogP contribution in [-0.4, -0.2) is 19.9 Å². The van der Waals surface area contributed by atoms with Gasteiger partial charge in [-0.25, -0.2) is 14.3 Å². The Morgan fingerprint density at radius 2 is 2.32 bits per heavy atom. The van der Waals surface area contributed by atoms with Crippen LogP contribution in [0.5, 0.6) is 0 Å². The quantitative estimate of drug-likeness (QED) is 0.899. The second-order valence-corrected chi connectivity index (χ2v) is 5.02. The molecule has 19 heavy (non-hydrogen) atoms. The number of benzene rings is 1. The first-order valence-corrected chi connectivity index (χ1v) is 6.65. The SMILES string of the molecule is CCn1c(Sc2ccc(F)cc2C(C)O)n[nH]c1=O. The van der Waals surface area contributed by atoms with E-state index in [1.807, 2.05) is 6.92 Å². The Hall–Kier alpha value is -1.60. The molecule has 1 unspecified atom stereocenters. The third-order valence-corrected chi connectivity index (χ3v) is 3.75. The smallest absolute Gasteiger partial charge is 0.343 e. The van der Waals surface area contributed by atoms with E-state index in [0.717, 1.165) is 0 Å². The maximum atomic E-state index is 13.2. The summed E-state index contributed by atoms with van der Waals surface area (Å²) in [6.07, 6.45) is -0.793. The van der Waals surface area contributed by atoms with Gasteiger partial charge in [-0.2, -0.15) is 0 Å². The van der Waals surface area contributed by atoms with E-state index in [1.54, 1.807) is 13.0 Å². The van der Waals surface area contributed by atoms with Crippen molar-refractivity contribution in [3.63, 3.8) is 0 Å². The number of H-pyrrole nitrogens is 1. The summed E-state index contributed by atoms with van der Waals surface area (Å²) in [5.74, 6) is -0.407. The van der Waals surface area contributed by atoms with Gasteiger partial charge < -0.3 is 5.11 Å². The van der Waals surface area contributed by atoms with E-state index in [4.69, 9.17) is 0 Å². The molecular weight excluding hydrogens is 269 g/mol. The molecule has 0 saturated carbocycles. The van der Waals surface area contributed by atoms with Crippen LogP contribution in [-0.2, 0) is 6.54 Å². The van der Waals surface area contributed by atoms with Gasteiger partial charge in [0.2, 0.25) is 0 Å². The molecule has 0 amide bonds. The lowest BCUT2D eigenvalue weighted by Crippen LogP contribution is -2.16. The number of aromatic amines is 1. The van der Waals surface area contributed by atoms with Crippen molar-refractivity contribution in [2.75, 3.05) is 0 Å². The summed E-state index contributed by atoms with van der Waals surface area (Å²) in [7, 11) is 0. The molecule has 1 heterocycles. The van der Waals surface area contributed by atoms with Crippen LogP contribution in [0, 0.1) is 5.82 Å². The Morgan fingerprint density at radius 3 is 2.95 bits per heavy atom. The molecule has 2 N–H and O–H groups in total. The van der Waals surface area contributed by atoms with Gasteiger partial charge in [-0.05, 0) is 49.4 Å². The molecule has 5 nitrogen and oxygen atoms in total. The van der Waals surface area contributed by atoms with Crippen LogP contribution in [0.25, 0.3) is 0 Å². The zero-order valence-electron chi connectivity index (χ0n) is 10.6. The lowest BCUT2D eigenvalue weighted by molar-refractivity contribution is 0.196. The Kier molecular flexibility index (Phi) is 4.06. The highest BCUT2D eigenvalue weighted by molar-refractivity contribution is 7.99. The molecule has 1 aromatic carbocycles. The summed E-state index contributed by atoms with van der Waals surface area (Å²) in [6.45, 7) is 3.89. The van der Waals surface area contributed by atoms with Gasteiger partial charge >= 0.3 is 5.69 Å². The van der Waals surface area contributed by atoms with Crippen molar-refractivity contribution in [2.24, 2.45) is 0 Å². The fourth-order valence-electron chi connectivity index (χ4n) is 1.70. The van der Waals surface area contributed by atoms with E-state index in [0.29, 0.717) is 22.2 Å². The number of hydrogen-bond donors (Lipinski definition) is 2. The molecule has 0 aliphatic carbocycles. The molecule has 0 aliphatic heterocycles. The lowest BCUT2D eigenvalue weighted by Gasteiger charge is -2.11. The highest BCUT2D eigenvalue weighted by Gasteiger charge is 2.14. The van der Waals surface area contributed by atoms with Crippen LogP contribution in [0.15, 0.2) is 33.0 Å². The minimum atomic E-state index is -0.793. The second kappa shape index (κ2) is 5.58. The van der Waals surface area contributed by atoms with Gasteiger partial charge in [0.25, 0.3) is 0 Å². The van der Waals surface area contributed by atoms with Crippen molar-refractivity contribution < 1.29 is 9.50 Å². The van der Waals surface area contributed by atoms with Crippen molar-refractivity contribution >= 4 is 11.8 Å². The monoisotopic (exact) mass is 283 g/mol. The largest absolute Gasteiger partial charge is 0.389 e. The summed E-state index contributed by atoms with van der Waals surface area (Å²) < 4.78 is 14.7. The van der Waals surface area contributed by atoms with Gasteiger partial charge in [-0.3, -0.25) is 4.57 Å². The standard InChI is InChI=1S/C12H14FN3O2S/c1-3-16-11(18)14-15-12(16)19-10-5-4-8(13)6-9(10)7(2)17/h4-7,17H,3H2,1-2H3,(H,14,18). The fourth-order valence-corrected chi connectivity index (χ4v) is 2.79. The number of halogens is 1. The van der Waals surface area contributed by atoms with E-state index >= 15 is 0 Å². The third kappa shape index (κ3) is 2.87. The summed E-state index contributed by atoms with van der Waals surface area (Å²) in [5.41, 5.74) is 0.189. The zero-order valence-corrected chi connectivity index (χ0v) is 11.4. The topological polar surface area (TPSA) is 70.9 Å². The van der Waals surface area contributed by atoms with Crippen LogP contribution in [0.1, 0.15) is 25.5 Å². The number of nitrogens with one attached hydrogen (secondary N) is 1. The zero-order chi connectivity index (χ0) is 14.0. The molecule has 7 heteroatoms. The van der Waals surface area contributed by atoms with Gasteiger partial charge in [-0.1, -0.05) is 0 Å². The molecule has 0 spiro atoms. The number of aliphatic hydroxyl groups excluding tert-OH is 1. The molecule has 0 bridgehead atoms. The van der Waals surface area contributed by atoms with Gasteiger partial charge in [-0.15, -0.1) is 5.10 Å². The molecule has 1 aromatic heterocycles. The van der Waals surface area contributed by atoms with Gasteiger partial charge in [0.1, 0.15) is 5.82 Å². The van der Waals surface area contributed by atoms with Crippen molar-refractivity contribution in [3.05, 3.63) is 40.1 Å². The maximum Gasteiger partial charge on any atom is 0.343 e. The van der Waals surface area contributed by atoms with Crippen LogP contribution in [0.3, 0.4) is 0 Å². The Balaban J connectivity index is 2.40. The van der Waals surface area contributed by atoms with E-state index in [1.165, 1.54) is 28.5 Å². The minimum Gasteiger partial charge on any atom is -0.389 e. The van der Waals surface area contributed by atoms with Crippen LogP contribution >= 0.6 is 11.8 Å². The maximum absolute atomic E-state index is 13.2. The van der Waals surface area contributed by atoms with Crippen LogP contribution in [0.2, 0.25) is 0 Å². The molecule has 1 atom stereocenters. The first kappa shape index (κ1) is 13.8. The Labute approximate surface area is 113 Å². The minimum absolute atomic E-state index is 0.286. The molecular formula is C12H14FN3O2S. The van der Waals surface area contributed by atoms with Crippen molar-refractivity contribution in [1.82, 2.24) is 14.8 Å². The molecule has 0 saturated heterocycles. The van der Waals surface area contributed by atoms with Crippen molar-refractivity contribution in [2.45, 2.75) is 36.5 Å². The summed E-state index contributed by atoms with van der Waals surface area (Å²) in [6, 6.07) is 4.17. The summed E-state index contributed by atoms with van der Waals surface area (Å²) in [4.78, 5) is 12.1. The molecule has 102 valence electrons. The normalized spacial score (nSPS) is 12.6. The molecule has 0 radical (unpaired) electrons. The predicted molar refractivity (Wildman–Crippen MR) is 69.7 cm³/mol. The van der Waals surface area contributed by atoms with Gasteiger partial charge in [0, 0.05) is 11.4 Å². The molecule has 2 aromatic rings.